The molecule has 1 aliphatic rings. The molecule has 1 amide bonds. The van der Waals surface area contributed by atoms with E-state index in [-0.39, 0.29) is 11.3 Å². The first-order valence-electron chi connectivity index (χ1n) is 10.1. The van der Waals surface area contributed by atoms with Gasteiger partial charge in [0.1, 0.15) is 0 Å². The van der Waals surface area contributed by atoms with Gasteiger partial charge in [-0.05, 0) is 59.1 Å². The summed E-state index contributed by atoms with van der Waals surface area (Å²) in [7, 11) is 1.60. The number of nitrogens with zero attached hydrogens (tertiary/aromatic N) is 2. The maximum absolute atomic E-state index is 12.6. The molecule has 0 saturated heterocycles. The highest BCUT2D eigenvalue weighted by Gasteiger charge is 2.22. The number of hydrogen-bond acceptors (Lipinski definition) is 6. The number of aromatic nitrogens is 2. The summed E-state index contributed by atoms with van der Waals surface area (Å²) in [6.45, 7) is 7.05. The smallest absolute Gasteiger partial charge is 0.255 e. The molecule has 6 nitrogen and oxygen atoms in total. The van der Waals surface area contributed by atoms with Crippen molar-refractivity contribution in [2.24, 2.45) is 0 Å². The molecule has 2 heterocycles. The van der Waals surface area contributed by atoms with Crippen LogP contribution in [0.1, 0.15) is 42.3 Å². The van der Waals surface area contributed by atoms with E-state index in [4.69, 9.17) is 9.47 Å². The molecule has 4 rings (SSSR count). The van der Waals surface area contributed by atoms with E-state index in [1.807, 2.05) is 48.5 Å². The van der Waals surface area contributed by atoms with E-state index in [1.54, 1.807) is 7.11 Å². The molecule has 0 radical (unpaired) electrons. The maximum Gasteiger partial charge on any atom is 0.255 e. The first-order chi connectivity index (χ1) is 14.8. The molecule has 160 valence electrons. The van der Waals surface area contributed by atoms with Gasteiger partial charge in [0, 0.05) is 22.6 Å². The van der Waals surface area contributed by atoms with E-state index >= 15 is 0 Å². The number of nitrogens with one attached hydrogen (secondary N) is 1. The normalized spacial score (nSPS) is 12.8. The third-order valence-corrected chi connectivity index (χ3v) is 5.90. The second kappa shape index (κ2) is 8.59. The first-order valence-corrected chi connectivity index (χ1v) is 10.9. The average molecular weight is 436 g/mol. The summed E-state index contributed by atoms with van der Waals surface area (Å²) in [5, 5.41) is 3.50. The fourth-order valence-corrected chi connectivity index (χ4v) is 4.00. The largest absolute Gasteiger partial charge is 0.481 e. The van der Waals surface area contributed by atoms with Gasteiger partial charge in [-0.3, -0.25) is 4.79 Å². The van der Waals surface area contributed by atoms with Gasteiger partial charge < -0.3 is 14.8 Å². The summed E-state index contributed by atoms with van der Waals surface area (Å²) in [5.41, 5.74) is 3.53. The molecular formula is C24H25N3O3S. The highest BCUT2D eigenvalue weighted by atomic mass is 32.2. The van der Waals surface area contributed by atoms with Gasteiger partial charge >= 0.3 is 0 Å². The monoisotopic (exact) mass is 435 g/mol. The highest BCUT2D eigenvalue weighted by Crippen LogP contribution is 2.35. The first kappa shape index (κ1) is 21.2. The Bertz CT molecular complexity index is 1090. The molecule has 1 N–H and O–H groups in total. The number of ether oxygens (including phenoxy) is 2. The summed E-state index contributed by atoms with van der Waals surface area (Å²) in [6.07, 6.45) is 0.761. The molecule has 1 aliphatic heterocycles. The maximum atomic E-state index is 12.6. The Labute approximate surface area is 186 Å². The van der Waals surface area contributed by atoms with Gasteiger partial charge in [0.2, 0.25) is 11.8 Å². The minimum absolute atomic E-state index is 0.0567. The molecule has 7 heteroatoms. The fraction of sp³-hybridized carbons (Fsp3) is 0.292. The van der Waals surface area contributed by atoms with Crippen molar-refractivity contribution in [3.63, 3.8) is 0 Å². The highest BCUT2D eigenvalue weighted by molar-refractivity contribution is 7.99. The lowest BCUT2D eigenvalue weighted by Gasteiger charge is -2.19. The summed E-state index contributed by atoms with van der Waals surface area (Å²) < 4.78 is 10.9. The van der Waals surface area contributed by atoms with Crippen LogP contribution >= 0.6 is 11.8 Å². The van der Waals surface area contributed by atoms with Crippen LogP contribution in [0.2, 0.25) is 0 Å². The lowest BCUT2D eigenvalue weighted by atomic mass is 9.87. The average Bonchev–Trinajstić information content (AvgIpc) is 3.22. The van der Waals surface area contributed by atoms with Crippen molar-refractivity contribution in [3.8, 4) is 11.8 Å². The lowest BCUT2D eigenvalue weighted by Crippen LogP contribution is -2.14. The minimum atomic E-state index is -0.135. The predicted molar refractivity (Wildman–Crippen MR) is 121 cm³/mol. The number of carbonyl (C=O) groups excluding carboxylic acids is 1. The number of fused-ring (bicyclic) bond motifs is 1. The Kier molecular flexibility index (Phi) is 5.87. The molecule has 3 aromatic rings. The number of anilines is 1. The summed E-state index contributed by atoms with van der Waals surface area (Å²) >= 11 is 1.42. The van der Waals surface area contributed by atoms with E-state index in [0.717, 1.165) is 22.6 Å². The Balaban J connectivity index is 1.42. The van der Waals surface area contributed by atoms with Crippen LogP contribution in [0.5, 0.6) is 11.8 Å². The zero-order valence-electron chi connectivity index (χ0n) is 18.1. The van der Waals surface area contributed by atoms with Crippen LogP contribution in [0.25, 0.3) is 0 Å². The van der Waals surface area contributed by atoms with E-state index in [2.05, 4.69) is 36.1 Å². The van der Waals surface area contributed by atoms with Crippen LogP contribution in [0.3, 0.4) is 0 Å². The standard InChI is InChI=1S/C24H25N3O3S/c1-24(2,3)16-7-5-15(6-8-16)20(28)25-17-9-11-18(12-10-17)31-23-26-21(29-4)19-13-14-30-22(19)27-23/h5-12H,13-14H2,1-4H3,(H,25,28). The summed E-state index contributed by atoms with van der Waals surface area (Å²) in [6, 6.07) is 15.3. The van der Waals surface area contributed by atoms with Crippen molar-refractivity contribution in [1.29, 1.82) is 0 Å². The molecule has 0 atom stereocenters. The van der Waals surface area contributed by atoms with E-state index < -0.39 is 0 Å². The van der Waals surface area contributed by atoms with Crippen LogP contribution in [-0.4, -0.2) is 29.6 Å². The van der Waals surface area contributed by atoms with Crippen LogP contribution in [0.15, 0.2) is 58.6 Å². The van der Waals surface area contributed by atoms with Gasteiger partial charge in [0.05, 0.1) is 19.3 Å². The molecule has 0 saturated carbocycles. The SMILES string of the molecule is COc1nc(Sc2ccc(NC(=O)c3ccc(C(C)(C)C)cc3)cc2)nc2c1CCO2. The third kappa shape index (κ3) is 4.82. The fourth-order valence-electron chi connectivity index (χ4n) is 3.26. The number of rotatable bonds is 5. The van der Waals surface area contributed by atoms with Crippen molar-refractivity contribution < 1.29 is 14.3 Å². The van der Waals surface area contributed by atoms with Crippen molar-refractivity contribution >= 4 is 23.4 Å². The predicted octanol–water partition coefficient (Wildman–Crippen LogP) is 5.12. The van der Waals surface area contributed by atoms with Crippen LogP contribution in [-0.2, 0) is 11.8 Å². The summed E-state index contributed by atoms with van der Waals surface area (Å²) in [4.78, 5) is 22.5. The van der Waals surface area contributed by atoms with Gasteiger partial charge in [-0.25, -0.2) is 0 Å². The number of methoxy groups -OCH3 is 1. The topological polar surface area (TPSA) is 73.3 Å². The lowest BCUT2D eigenvalue weighted by molar-refractivity contribution is 0.102. The van der Waals surface area contributed by atoms with Crippen LogP contribution in [0, 0.1) is 0 Å². The molecular weight excluding hydrogens is 410 g/mol. The zero-order chi connectivity index (χ0) is 22.0. The molecule has 0 spiro atoms. The van der Waals surface area contributed by atoms with Crippen molar-refractivity contribution in [2.75, 3.05) is 19.0 Å². The van der Waals surface area contributed by atoms with Crippen molar-refractivity contribution in [2.45, 2.75) is 42.7 Å². The molecule has 2 aromatic carbocycles. The Morgan fingerprint density at radius 3 is 2.42 bits per heavy atom. The Morgan fingerprint density at radius 2 is 1.77 bits per heavy atom. The Hall–Kier alpha value is -3.06. The quantitative estimate of drug-likeness (QED) is 0.561. The van der Waals surface area contributed by atoms with Crippen LogP contribution in [0.4, 0.5) is 5.69 Å². The van der Waals surface area contributed by atoms with Crippen molar-refractivity contribution in [1.82, 2.24) is 9.97 Å². The van der Waals surface area contributed by atoms with Gasteiger partial charge in [0.25, 0.3) is 5.91 Å². The van der Waals surface area contributed by atoms with Crippen molar-refractivity contribution in [3.05, 3.63) is 65.2 Å². The van der Waals surface area contributed by atoms with E-state index in [1.165, 1.54) is 17.3 Å². The third-order valence-electron chi connectivity index (χ3n) is 5.03. The van der Waals surface area contributed by atoms with Gasteiger partial charge in [-0.1, -0.05) is 32.9 Å². The second-order valence-corrected chi connectivity index (χ2v) is 9.35. The summed E-state index contributed by atoms with van der Waals surface area (Å²) in [5.74, 6) is 1.02. The molecule has 1 aromatic heterocycles. The van der Waals surface area contributed by atoms with Gasteiger partial charge in [0.15, 0.2) is 5.16 Å². The minimum Gasteiger partial charge on any atom is -0.481 e. The second-order valence-electron chi connectivity index (χ2n) is 8.31. The number of benzene rings is 2. The molecule has 0 aliphatic carbocycles. The van der Waals surface area contributed by atoms with E-state index in [9.17, 15) is 4.79 Å². The zero-order valence-corrected chi connectivity index (χ0v) is 18.9. The van der Waals surface area contributed by atoms with Gasteiger partial charge in [-0.2, -0.15) is 9.97 Å². The molecule has 31 heavy (non-hydrogen) atoms. The number of amides is 1. The Morgan fingerprint density at radius 1 is 1.06 bits per heavy atom. The molecule has 0 fully saturated rings. The van der Waals surface area contributed by atoms with Crippen LogP contribution < -0.4 is 14.8 Å². The van der Waals surface area contributed by atoms with E-state index in [0.29, 0.717) is 29.1 Å². The molecule has 0 unspecified atom stereocenters. The number of hydrogen-bond donors (Lipinski definition) is 1. The number of carbonyl (C=O) groups is 1. The van der Waals surface area contributed by atoms with Gasteiger partial charge in [-0.15, -0.1) is 0 Å². The molecule has 0 bridgehead atoms.